The van der Waals surface area contributed by atoms with Crippen molar-refractivity contribution in [3.8, 4) is 0 Å². The van der Waals surface area contributed by atoms with Gasteiger partial charge in [0.2, 0.25) is 0 Å². The Morgan fingerprint density at radius 1 is 1.07 bits per heavy atom. The Morgan fingerprint density at radius 2 is 1.85 bits per heavy atom. The molecule has 0 bridgehead atoms. The summed E-state index contributed by atoms with van der Waals surface area (Å²) in [5.41, 5.74) is 9.59. The molecule has 2 unspecified atom stereocenters. The number of aliphatic carboxylic acids is 1. The van der Waals surface area contributed by atoms with E-state index in [4.69, 9.17) is 9.73 Å². The van der Waals surface area contributed by atoms with Gasteiger partial charge in [0, 0.05) is 59.3 Å². The number of ether oxygens (including phenoxy) is 1. The summed E-state index contributed by atoms with van der Waals surface area (Å²) in [6.07, 6.45) is 12.6. The number of carbonyl (C=O) groups is 2. The molecule has 0 amide bonds. The van der Waals surface area contributed by atoms with Crippen LogP contribution in [0.15, 0.2) is 52.1 Å². The third kappa shape index (κ3) is 6.32. The Morgan fingerprint density at radius 3 is 2.51 bits per heavy atom. The van der Waals surface area contributed by atoms with Crippen molar-refractivity contribution >= 4 is 42.6 Å². The zero-order valence-electron chi connectivity index (χ0n) is 24.2. The van der Waals surface area contributed by atoms with Gasteiger partial charge in [-0.3, -0.25) is 19.6 Å². The molecule has 3 N–H and O–H groups in total. The van der Waals surface area contributed by atoms with Crippen LogP contribution in [-0.2, 0) is 27.2 Å². The molecule has 4 heterocycles. The van der Waals surface area contributed by atoms with Crippen molar-refractivity contribution in [2.75, 3.05) is 13.2 Å². The minimum absolute atomic E-state index is 0.0165. The van der Waals surface area contributed by atoms with Gasteiger partial charge >= 0.3 is 5.97 Å². The molecule has 0 fully saturated rings. The topological polar surface area (TPSA) is 120 Å². The molecule has 0 radical (unpaired) electrons. The van der Waals surface area contributed by atoms with E-state index in [1.165, 1.54) is 0 Å². The molecule has 214 valence electrons. The monoisotopic (exact) mass is 554 g/mol. The summed E-state index contributed by atoms with van der Waals surface area (Å²) in [6.45, 7) is 17.5. The molecule has 8 nitrogen and oxygen atoms in total. The summed E-state index contributed by atoms with van der Waals surface area (Å²) in [7, 11) is 0. The SMILES string of the molecule is C=CC1=C(C)C(=Cc2[nH]c(/C=c3\[nH]/c(=C\C4=NCC(C)C4C=C)c(C)c3CCC(=O)O)c(CCOC=O)c2C)N=C1. The Kier molecular flexibility index (Phi) is 9.22. The molecule has 0 aliphatic carbocycles. The summed E-state index contributed by atoms with van der Waals surface area (Å²) in [5.74, 6) is -0.281. The highest BCUT2D eigenvalue weighted by molar-refractivity contribution is 6.13. The van der Waals surface area contributed by atoms with Crippen molar-refractivity contribution < 1.29 is 19.4 Å². The average Bonchev–Trinajstić information content (AvgIpc) is 3.65. The molecular weight excluding hydrogens is 516 g/mol. The maximum Gasteiger partial charge on any atom is 0.303 e. The first kappa shape index (κ1) is 29.5. The summed E-state index contributed by atoms with van der Waals surface area (Å²) in [5, 5.41) is 11.2. The van der Waals surface area contributed by atoms with E-state index in [0.717, 1.165) is 73.4 Å². The number of aliphatic imine (C=N–C) groups is 2. The quantitative estimate of drug-likeness (QED) is 0.208. The fourth-order valence-corrected chi connectivity index (χ4v) is 5.49. The van der Waals surface area contributed by atoms with Gasteiger partial charge < -0.3 is 19.8 Å². The Balaban J connectivity index is 1.87. The molecule has 2 aromatic heterocycles. The number of H-pyrrole nitrogens is 2. The molecule has 2 aliphatic rings. The van der Waals surface area contributed by atoms with Crippen molar-refractivity contribution in [2.45, 2.75) is 47.0 Å². The van der Waals surface area contributed by atoms with Crippen LogP contribution in [-0.4, -0.2) is 52.6 Å². The summed E-state index contributed by atoms with van der Waals surface area (Å²) in [4.78, 5) is 38.7. The molecular formula is C33H38N4O4. The van der Waals surface area contributed by atoms with Crippen molar-refractivity contribution in [2.24, 2.45) is 21.8 Å². The van der Waals surface area contributed by atoms with Gasteiger partial charge in [-0.2, -0.15) is 0 Å². The second-order valence-corrected chi connectivity index (χ2v) is 10.6. The molecule has 2 aromatic rings. The lowest BCUT2D eigenvalue weighted by Gasteiger charge is -2.09. The number of hydrogen-bond acceptors (Lipinski definition) is 5. The van der Waals surface area contributed by atoms with Gasteiger partial charge in [0.05, 0.1) is 12.3 Å². The van der Waals surface area contributed by atoms with Crippen molar-refractivity contribution in [3.05, 3.63) is 86.5 Å². The largest absolute Gasteiger partial charge is 0.481 e. The maximum atomic E-state index is 11.5. The molecule has 0 saturated heterocycles. The van der Waals surface area contributed by atoms with E-state index < -0.39 is 5.97 Å². The van der Waals surface area contributed by atoms with Gasteiger partial charge in [-0.1, -0.05) is 25.7 Å². The molecule has 2 atom stereocenters. The number of aromatic amines is 2. The second-order valence-electron chi connectivity index (χ2n) is 10.6. The van der Waals surface area contributed by atoms with Gasteiger partial charge in [-0.05, 0) is 84.7 Å². The van der Waals surface area contributed by atoms with Gasteiger partial charge in [-0.25, -0.2) is 0 Å². The van der Waals surface area contributed by atoms with Crippen LogP contribution in [0.25, 0.3) is 18.2 Å². The molecule has 2 aliphatic heterocycles. The number of aromatic nitrogens is 2. The molecule has 4 rings (SSSR count). The van der Waals surface area contributed by atoms with Crippen LogP contribution in [0, 0.1) is 25.7 Å². The van der Waals surface area contributed by atoms with Crippen LogP contribution < -0.4 is 10.7 Å². The van der Waals surface area contributed by atoms with E-state index in [2.05, 4.69) is 41.1 Å². The highest BCUT2D eigenvalue weighted by Crippen LogP contribution is 2.28. The number of allylic oxidation sites excluding steroid dienone is 4. The van der Waals surface area contributed by atoms with Gasteiger partial charge in [0.1, 0.15) is 0 Å². The van der Waals surface area contributed by atoms with Crippen LogP contribution in [0.2, 0.25) is 0 Å². The number of carbonyl (C=O) groups excluding carboxylic acids is 1. The number of carboxylic acids is 1. The van der Waals surface area contributed by atoms with Crippen LogP contribution in [0.5, 0.6) is 0 Å². The van der Waals surface area contributed by atoms with E-state index in [-0.39, 0.29) is 18.9 Å². The molecule has 8 heteroatoms. The van der Waals surface area contributed by atoms with Gasteiger partial charge in [0.15, 0.2) is 0 Å². The number of hydrogen-bond donors (Lipinski definition) is 3. The molecule has 0 aromatic carbocycles. The average molecular weight is 555 g/mol. The van der Waals surface area contributed by atoms with Gasteiger partial charge in [-0.15, -0.1) is 6.58 Å². The lowest BCUT2D eigenvalue weighted by atomic mass is 9.92. The zero-order chi connectivity index (χ0) is 29.7. The Hall–Kier alpha value is -4.46. The lowest BCUT2D eigenvalue weighted by molar-refractivity contribution is -0.137. The predicted molar refractivity (Wildman–Crippen MR) is 165 cm³/mol. The van der Waals surface area contributed by atoms with Crippen molar-refractivity contribution in [1.82, 2.24) is 9.97 Å². The molecule has 0 spiro atoms. The Bertz CT molecular complexity index is 1630. The molecule has 41 heavy (non-hydrogen) atoms. The van der Waals surface area contributed by atoms with Crippen LogP contribution in [0.4, 0.5) is 0 Å². The summed E-state index contributed by atoms with van der Waals surface area (Å²) in [6, 6.07) is 0. The van der Waals surface area contributed by atoms with Crippen LogP contribution >= 0.6 is 0 Å². The van der Waals surface area contributed by atoms with Gasteiger partial charge in [0.25, 0.3) is 6.47 Å². The fourth-order valence-electron chi connectivity index (χ4n) is 5.49. The number of rotatable bonds is 12. The van der Waals surface area contributed by atoms with Crippen LogP contribution in [0.3, 0.4) is 0 Å². The minimum atomic E-state index is -0.849. The first-order valence-corrected chi connectivity index (χ1v) is 13.8. The van der Waals surface area contributed by atoms with E-state index in [9.17, 15) is 14.7 Å². The van der Waals surface area contributed by atoms with Crippen molar-refractivity contribution in [1.29, 1.82) is 0 Å². The lowest BCUT2D eigenvalue weighted by Crippen LogP contribution is -2.18. The minimum Gasteiger partial charge on any atom is -0.481 e. The van der Waals surface area contributed by atoms with Crippen molar-refractivity contribution in [3.63, 3.8) is 0 Å². The van der Waals surface area contributed by atoms with E-state index in [1.54, 1.807) is 12.3 Å². The fraction of sp³-hybridized carbons (Fsp3) is 0.333. The predicted octanol–water partition coefficient (Wildman–Crippen LogP) is 4.12. The standard InChI is InChI=1S/C33H38N4O4/c1-7-23-17-35-27(20(23)4)13-28-22(6)26(11-12-41-18-38)32(36-28)15-31-25(9-10-33(39)40)21(5)29(37-31)14-30-24(8-2)19(3)16-34-30/h7-8,13-15,17-19,24,36-37H,1-2,9-12,16H2,3-6H3,(H,39,40)/b27-13?,29-14-,31-15-. The summed E-state index contributed by atoms with van der Waals surface area (Å²) < 4.78 is 5.04. The first-order valence-electron chi connectivity index (χ1n) is 13.8. The van der Waals surface area contributed by atoms with E-state index in [0.29, 0.717) is 25.2 Å². The number of nitrogens with one attached hydrogen (secondary N) is 2. The Labute approximate surface area is 240 Å². The zero-order valence-corrected chi connectivity index (χ0v) is 24.2. The molecule has 0 saturated carbocycles. The maximum absolute atomic E-state index is 11.5. The van der Waals surface area contributed by atoms with E-state index in [1.807, 2.05) is 39.0 Å². The normalized spacial score (nSPS) is 20.3. The third-order valence-corrected chi connectivity index (χ3v) is 8.04. The third-order valence-electron chi connectivity index (χ3n) is 8.04. The number of nitrogens with zero attached hydrogens (tertiary/aromatic N) is 2. The highest BCUT2D eigenvalue weighted by Gasteiger charge is 2.24. The van der Waals surface area contributed by atoms with Crippen LogP contribution in [0.1, 0.15) is 53.9 Å². The first-order chi connectivity index (χ1) is 19.7. The smallest absolute Gasteiger partial charge is 0.303 e. The van der Waals surface area contributed by atoms with E-state index >= 15 is 0 Å². The second kappa shape index (κ2) is 12.8. The highest BCUT2D eigenvalue weighted by atomic mass is 16.5. The number of carboxylic acid groups (broad SMARTS) is 1. The summed E-state index contributed by atoms with van der Waals surface area (Å²) >= 11 is 0.